The summed E-state index contributed by atoms with van der Waals surface area (Å²) in [5.74, 6) is 0.120. The highest BCUT2D eigenvalue weighted by atomic mass is 35.5. The molecule has 0 spiro atoms. The smallest absolute Gasteiger partial charge is 0.162 e. The molecule has 0 aliphatic rings. The second-order valence-corrected chi connectivity index (χ2v) is 4.35. The molecule has 0 bridgehead atoms. The molecule has 0 amide bonds. The third-order valence-electron chi connectivity index (χ3n) is 2.45. The Bertz CT molecular complexity index is 422. The van der Waals surface area contributed by atoms with Crippen molar-refractivity contribution in [3.63, 3.8) is 0 Å². The van der Waals surface area contributed by atoms with E-state index in [1.807, 2.05) is 19.9 Å². The molecule has 0 aliphatic carbocycles. The zero-order chi connectivity index (χ0) is 12.1. The van der Waals surface area contributed by atoms with E-state index in [1.54, 1.807) is 18.2 Å². The lowest BCUT2D eigenvalue weighted by molar-refractivity contribution is -0.115. The molecule has 0 saturated heterocycles. The Morgan fingerprint density at radius 1 is 1.38 bits per heavy atom. The van der Waals surface area contributed by atoms with Gasteiger partial charge in [0.1, 0.15) is 0 Å². The average molecular weight is 257 g/mol. The standard InChI is InChI=1S/C13H14Cl2O/c1-3-9(4-2)13(16)7-10-5-6-11(14)8-12(10)15/h3,5-6,8H,4,7H2,1-2H3/b9-3-. The summed E-state index contributed by atoms with van der Waals surface area (Å²) in [4.78, 5) is 11.9. The summed E-state index contributed by atoms with van der Waals surface area (Å²) in [6.07, 6.45) is 2.94. The van der Waals surface area contributed by atoms with Crippen LogP contribution in [0.2, 0.25) is 10.0 Å². The predicted octanol–water partition coefficient (Wildman–Crippen LogP) is 4.46. The summed E-state index contributed by atoms with van der Waals surface area (Å²) < 4.78 is 0. The van der Waals surface area contributed by atoms with Gasteiger partial charge in [0, 0.05) is 16.5 Å². The van der Waals surface area contributed by atoms with Crippen LogP contribution < -0.4 is 0 Å². The van der Waals surface area contributed by atoms with Gasteiger partial charge in [0.05, 0.1) is 0 Å². The average Bonchev–Trinajstić information content (AvgIpc) is 2.24. The lowest BCUT2D eigenvalue weighted by Crippen LogP contribution is -2.06. The number of rotatable bonds is 4. The first-order chi connectivity index (χ1) is 7.58. The first kappa shape index (κ1) is 13.3. The lowest BCUT2D eigenvalue weighted by atomic mass is 10.0. The second-order valence-electron chi connectivity index (χ2n) is 3.50. The predicted molar refractivity (Wildman–Crippen MR) is 69.2 cm³/mol. The second kappa shape index (κ2) is 6.07. The van der Waals surface area contributed by atoms with E-state index in [-0.39, 0.29) is 5.78 Å². The molecular formula is C13H14Cl2O. The molecule has 1 nitrogen and oxygen atoms in total. The fraction of sp³-hybridized carbons (Fsp3) is 0.308. The van der Waals surface area contributed by atoms with Gasteiger partial charge in [-0.2, -0.15) is 0 Å². The zero-order valence-corrected chi connectivity index (χ0v) is 10.9. The third-order valence-corrected chi connectivity index (χ3v) is 3.04. The molecule has 86 valence electrons. The van der Waals surface area contributed by atoms with Gasteiger partial charge in [-0.1, -0.05) is 42.3 Å². The fourth-order valence-electron chi connectivity index (χ4n) is 1.51. The van der Waals surface area contributed by atoms with Gasteiger partial charge in [0.25, 0.3) is 0 Å². The Morgan fingerprint density at radius 2 is 2.06 bits per heavy atom. The van der Waals surface area contributed by atoms with Gasteiger partial charge in [-0.15, -0.1) is 0 Å². The highest BCUT2D eigenvalue weighted by Gasteiger charge is 2.10. The van der Waals surface area contributed by atoms with Gasteiger partial charge in [-0.05, 0) is 36.6 Å². The summed E-state index contributed by atoms with van der Waals surface area (Å²) in [5.41, 5.74) is 1.66. The van der Waals surface area contributed by atoms with Crippen molar-refractivity contribution in [2.45, 2.75) is 26.7 Å². The first-order valence-electron chi connectivity index (χ1n) is 5.20. The number of Topliss-reactive ketones (excluding diaryl/α,β-unsaturated/α-hetero) is 1. The number of halogens is 2. The molecule has 0 N–H and O–H groups in total. The van der Waals surface area contributed by atoms with Crippen molar-refractivity contribution in [1.82, 2.24) is 0 Å². The minimum absolute atomic E-state index is 0.120. The van der Waals surface area contributed by atoms with Crippen LogP contribution in [0.5, 0.6) is 0 Å². The molecule has 0 fully saturated rings. The Kier molecular flexibility index (Phi) is 5.04. The molecule has 0 aromatic heterocycles. The molecule has 0 aliphatic heterocycles. The van der Waals surface area contributed by atoms with Gasteiger partial charge in [0.15, 0.2) is 5.78 Å². The fourth-order valence-corrected chi connectivity index (χ4v) is 1.99. The van der Waals surface area contributed by atoms with E-state index in [0.717, 1.165) is 17.6 Å². The van der Waals surface area contributed by atoms with E-state index in [9.17, 15) is 4.79 Å². The summed E-state index contributed by atoms with van der Waals surface area (Å²) in [6.45, 7) is 3.84. The minimum Gasteiger partial charge on any atom is -0.294 e. The summed E-state index contributed by atoms with van der Waals surface area (Å²) in [5, 5.41) is 1.13. The van der Waals surface area contributed by atoms with Gasteiger partial charge in [0.2, 0.25) is 0 Å². The highest BCUT2D eigenvalue weighted by molar-refractivity contribution is 6.35. The van der Waals surface area contributed by atoms with E-state index in [0.29, 0.717) is 16.5 Å². The van der Waals surface area contributed by atoms with Crippen LogP contribution in [-0.4, -0.2) is 5.78 Å². The molecule has 0 heterocycles. The maximum atomic E-state index is 11.9. The first-order valence-corrected chi connectivity index (χ1v) is 5.96. The number of ketones is 1. The highest BCUT2D eigenvalue weighted by Crippen LogP contribution is 2.22. The van der Waals surface area contributed by atoms with E-state index >= 15 is 0 Å². The van der Waals surface area contributed by atoms with Crippen LogP contribution >= 0.6 is 23.2 Å². The summed E-state index contributed by atoms with van der Waals surface area (Å²) >= 11 is 11.8. The molecule has 0 radical (unpaired) electrons. The van der Waals surface area contributed by atoms with Crippen molar-refractivity contribution < 1.29 is 4.79 Å². The van der Waals surface area contributed by atoms with Crippen LogP contribution in [0, 0.1) is 0 Å². The Balaban J connectivity index is 2.85. The normalized spacial score (nSPS) is 11.6. The lowest BCUT2D eigenvalue weighted by Gasteiger charge is -2.05. The van der Waals surface area contributed by atoms with Crippen LogP contribution in [0.4, 0.5) is 0 Å². The van der Waals surface area contributed by atoms with Crippen molar-refractivity contribution in [3.8, 4) is 0 Å². The van der Waals surface area contributed by atoms with E-state index in [1.165, 1.54) is 0 Å². The van der Waals surface area contributed by atoms with Crippen LogP contribution in [0.15, 0.2) is 29.8 Å². The molecule has 1 aromatic rings. The van der Waals surface area contributed by atoms with Crippen LogP contribution in [0.3, 0.4) is 0 Å². The van der Waals surface area contributed by atoms with Crippen molar-refractivity contribution in [2.75, 3.05) is 0 Å². The molecule has 3 heteroatoms. The Hall–Kier alpha value is -0.790. The quantitative estimate of drug-likeness (QED) is 0.727. The molecule has 0 saturated carbocycles. The SMILES string of the molecule is C/C=C(/CC)C(=O)Cc1ccc(Cl)cc1Cl. The van der Waals surface area contributed by atoms with E-state index in [4.69, 9.17) is 23.2 Å². The Morgan fingerprint density at radius 3 is 2.56 bits per heavy atom. The molecule has 1 rings (SSSR count). The number of benzene rings is 1. The molecular weight excluding hydrogens is 243 g/mol. The summed E-state index contributed by atoms with van der Waals surface area (Å²) in [6, 6.07) is 5.20. The number of allylic oxidation sites excluding steroid dienone is 2. The van der Waals surface area contributed by atoms with Crippen molar-refractivity contribution in [3.05, 3.63) is 45.5 Å². The van der Waals surface area contributed by atoms with Gasteiger partial charge < -0.3 is 0 Å². The van der Waals surface area contributed by atoms with Crippen LogP contribution in [-0.2, 0) is 11.2 Å². The Labute approximate surface area is 106 Å². The van der Waals surface area contributed by atoms with Crippen molar-refractivity contribution in [1.29, 1.82) is 0 Å². The minimum atomic E-state index is 0.120. The molecule has 1 aromatic carbocycles. The number of carbonyl (C=O) groups excluding carboxylic acids is 1. The van der Waals surface area contributed by atoms with E-state index in [2.05, 4.69) is 0 Å². The van der Waals surface area contributed by atoms with Crippen LogP contribution in [0.25, 0.3) is 0 Å². The van der Waals surface area contributed by atoms with Gasteiger partial charge >= 0.3 is 0 Å². The van der Waals surface area contributed by atoms with Crippen molar-refractivity contribution in [2.24, 2.45) is 0 Å². The van der Waals surface area contributed by atoms with Crippen molar-refractivity contribution >= 4 is 29.0 Å². The summed E-state index contributed by atoms with van der Waals surface area (Å²) in [7, 11) is 0. The number of hydrogen-bond acceptors (Lipinski definition) is 1. The monoisotopic (exact) mass is 256 g/mol. The maximum absolute atomic E-state index is 11.9. The molecule has 0 unspecified atom stereocenters. The number of hydrogen-bond donors (Lipinski definition) is 0. The third kappa shape index (κ3) is 3.36. The number of carbonyl (C=O) groups is 1. The molecule has 0 atom stereocenters. The van der Waals surface area contributed by atoms with E-state index < -0.39 is 0 Å². The zero-order valence-electron chi connectivity index (χ0n) is 9.39. The molecule has 16 heavy (non-hydrogen) atoms. The van der Waals surface area contributed by atoms with Crippen LogP contribution in [0.1, 0.15) is 25.8 Å². The van der Waals surface area contributed by atoms with Gasteiger partial charge in [-0.3, -0.25) is 4.79 Å². The largest absolute Gasteiger partial charge is 0.294 e. The maximum Gasteiger partial charge on any atom is 0.162 e. The topological polar surface area (TPSA) is 17.1 Å². The van der Waals surface area contributed by atoms with Gasteiger partial charge in [-0.25, -0.2) is 0 Å².